The standard InChI is InChI=1S/C13H18ClNO4S2/c1-3-13(12(16)17)4-6-15(7-5-13)21(18,19)10-8-9(2)11(14)20-10/h8H,3-7H2,1-2H3,(H,16,17). The summed E-state index contributed by atoms with van der Waals surface area (Å²) in [6.45, 7) is 4.06. The molecule has 0 spiro atoms. The summed E-state index contributed by atoms with van der Waals surface area (Å²) < 4.78 is 27.2. The average Bonchev–Trinajstić information content (AvgIpc) is 2.79. The molecule has 0 aromatic carbocycles. The lowest BCUT2D eigenvalue weighted by Gasteiger charge is -2.37. The van der Waals surface area contributed by atoms with Gasteiger partial charge in [0.1, 0.15) is 4.21 Å². The van der Waals surface area contributed by atoms with Gasteiger partial charge in [0.05, 0.1) is 9.75 Å². The Kier molecular flexibility index (Phi) is 4.68. The van der Waals surface area contributed by atoms with Gasteiger partial charge in [0.2, 0.25) is 0 Å². The van der Waals surface area contributed by atoms with Crippen LogP contribution in [0.5, 0.6) is 0 Å². The zero-order valence-corrected chi connectivity index (χ0v) is 14.3. The second-order valence-electron chi connectivity index (χ2n) is 5.37. The average molecular weight is 352 g/mol. The van der Waals surface area contributed by atoms with E-state index in [4.69, 9.17) is 11.6 Å². The number of sulfonamides is 1. The maximum Gasteiger partial charge on any atom is 0.309 e. The van der Waals surface area contributed by atoms with Crippen molar-refractivity contribution < 1.29 is 18.3 Å². The van der Waals surface area contributed by atoms with Crippen LogP contribution >= 0.6 is 22.9 Å². The number of carboxylic acid groups (broad SMARTS) is 1. The van der Waals surface area contributed by atoms with Crippen molar-refractivity contribution in [3.8, 4) is 0 Å². The van der Waals surface area contributed by atoms with Gasteiger partial charge in [-0.1, -0.05) is 18.5 Å². The highest BCUT2D eigenvalue weighted by atomic mass is 35.5. The van der Waals surface area contributed by atoms with Gasteiger partial charge in [-0.25, -0.2) is 8.42 Å². The maximum atomic E-state index is 12.6. The van der Waals surface area contributed by atoms with E-state index in [1.54, 1.807) is 13.0 Å². The number of nitrogens with zero attached hydrogens (tertiary/aromatic N) is 1. The number of hydrogen-bond acceptors (Lipinski definition) is 4. The Hall–Kier alpha value is -0.630. The molecule has 0 unspecified atom stereocenters. The van der Waals surface area contributed by atoms with E-state index in [0.29, 0.717) is 23.6 Å². The topological polar surface area (TPSA) is 74.7 Å². The van der Waals surface area contributed by atoms with E-state index in [0.717, 1.165) is 16.9 Å². The molecule has 21 heavy (non-hydrogen) atoms. The number of aliphatic carboxylic acids is 1. The lowest BCUT2D eigenvalue weighted by atomic mass is 9.77. The Morgan fingerprint density at radius 2 is 2.05 bits per heavy atom. The van der Waals surface area contributed by atoms with E-state index in [-0.39, 0.29) is 17.3 Å². The van der Waals surface area contributed by atoms with Crippen LogP contribution in [0, 0.1) is 12.3 Å². The zero-order chi connectivity index (χ0) is 15.8. The van der Waals surface area contributed by atoms with Gasteiger partial charge in [-0.05, 0) is 37.8 Å². The third kappa shape index (κ3) is 2.97. The molecule has 0 saturated carbocycles. The molecule has 0 radical (unpaired) electrons. The van der Waals surface area contributed by atoms with Gasteiger partial charge >= 0.3 is 5.97 Å². The first kappa shape index (κ1) is 16.7. The molecule has 0 amide bonds. The van der Waals surface area contributed by atoms with E-state index in [2.05, 4.69) is 0 Å². The monoisotopic (exact) mass is 351 g/mol. The molecule has 1 saturated heterocycles. The summed E-state index contributed by atoms with van der Waals surface area (Å²) in [5, 5.41) is 9.35. The van der Waals surface area contributed by atoms with Crippen LogP contribution < -0.4 is 0 Å². The van der Waals surface area contributed by atoms with Crippen molar-refractivity contribution in [2.45, 2.75) is 37.3 Å². The van der Waals surface area contributed by atoms with Gasteiger partial charge < -0.3 is 5.11 Å². The minimum Gasteiger partial charge on any atom is -0.481 e. The van der Waals surface area contributed by atoms with E-state index in [1.165, 1.54) is 4.31 Å². The van der Waals surface area contributed by atoms with Crippen molar-refractivity contribution in [2.24, 2.45) is 5.41 Å². The molecule has 5 nitrogen and oxygen atoms in total. The number of rotatable bonds is 4. The molecule has 0 bridgehead atoms. The smallest absolute Gasteiger partial charge is 0.309 e. The van der Waals surface area contributed by atoms with E-state index in [1.807, 2.05) is 6.92 Å². The van der Waals surface area contributed by atoms with E-state index >= 15 is 0 Å². The van der Waals surface area contributed by atoms with Crippen molar-refractivity contribution >= 4 is 38.9 Å². The fourth-order valence-electron chi connectivity index (χ4n) is 2.56. The zero-order valence-electron chi connectivity index (χ0n) is 11.9. The summed E-state index contributed by atoms with van der Waals surface area (Å²) in [6.07, 6.45) is 1.20. The molecule has 118 valence electrons. The van der Waals surface area contributed by atoms with Gasteiger partial charge in [0.15, 0.2) is 0 Å². The molecular weight excluding hydrogens is 334 g/mol. The quantitative estimate of drug-likeness (QED) is 0.904. The third-order valence-corrected chi connectivity index (χ3v) is 8.14. The fourth-order valence-corrected chi connectivity index (χ4v) is 5.86. The maximum absolute atomic E-state index is 12.6. The first-order chi connectivity index (χ1) is 9.73. The molecule has 0 aliphatic carbocycles. The number of carbonyl (C=O) groups is 1. The third-order valence-electron chi connectivity index (χ3n) is 4.24. The summed E-state index contributed by atoms with van der Waals surface area (Å²) in [4.78, 5) is 11.4. The van der Waals surface area contributed by atoms with Gasteiger partial charge in [0, 0.05) is 13.1 Å². The van der Waals surface area contributed by atoms with Crippen LogP contribution in [0.4, 0.5) is 0 Å². The minimum atomic E-state index is -3.57. The molecule has 1 aromatic heterocycles. The van der Waals surface area contributed by atoms with Gasteiger partial charge in [0.25, 0.3) is 10.0 Å². The van der Waals surface area contributed by atoms with E-state index < -0.39 is 21.4 Å². The predicted octanol–water partition coefficient (Wildman–Crippen LogP) is 2.98. The molecule has 2 heterocycles. The lowest BCUT2D eigenvalue weighted by molar-refractivity contribution is -0.151. The molecule has 1 aromatic rings. The summed E-state index contributed by atoms with van der Waals surface area (Å²) in [7, 11) is -3.57. The number of piperidine rings is 1. The molecular formula is C13H18ClNO4S2. The van der Waals surface area contributed by atoms with Crippen LogP contribution in [0.2, 0.25) is 4.34 Å². The molecule has 2 rings (SSSR count). The second-order valence-corrected chi connectivity index (χ2v) is 9.18. The highest BCUT2D eigenvalue weighted by Gasteiger charge is 2.42. The van der Waals surface area contributed by atoms with Crippen LogP contribution in [-0.2, 0) is 14.8 Å². The molecule has 1 N–H and O–H groups in total. The predicted molar refractivity (Wildman–Crippen MR) is 82.4 cm³/mol. The molecule has 1 fully saturated rings. The summed E-state index contributed by atoms with van der Waals surface area (Å²) in [5.41, 5.74) is -0.0552. The summed E-state index contributed by atoms with van der Waals surface area (Å²) in [5.74, 6) is -0.836. The van der Waals surface area contributed by atoms with Crippen LogP contribution in [0.3, 0.4) is 0 Å². The van der Waals surface area contributed by atoms with Crippen molar-refractivity contribution in [3.63, 3.8) is 0 Å². The fraction of sp³-hybridized carbons (Fsp3) is 0.615. The Morgan fingerprint density at radius 3 is 2.43 bits per heavy atom. The number of carboxylic acids is 1. The largest absolute Gasteiger partial charge is 0.481 e. The van der Waals surface area contributed by atoms with Crippen molar-refractivity contribution in [1.82, 2.24) is 4.31 Å². The Balaban J connectivity index is 2.20. The SMILES string of the molecule is CCC1(C(=O)O)CCN(S(=O)(=O)c2cc(C)c(Cl)s2)CC1. The number of hydrogen-bond donors (Lipinski definition) is 1. The van der Waals surface area contributed by atoms with Crippen LogP contribution in [0.1, 0.15) is 31.7 Å². The van der Waals surface area contributed by atoms with Crippen molar-refractivity contribution in [2.75, 3.05) is 13.1 Å². The van der Waals surface area contributed by atoms with Crippen LogP contribution in [0.25, 0.3) is 0 Å². The Bertz CT molecular complexity index is 626. The minimum absolute atomic E-state index is 0.226. The number of halogens is 1. The van der Waals surface area contributed by atoms with Gasteiger partial charge in [-0.3, -0.25) is 4.79 Å². The van der Waals surface area contributed by atoms with Crippen molar-refractivity contribution in [3.05, 3.63) is 16.0 Å². The Labute approximate surface area is 133 Å². The molecule has 8 heteroatoms. The molecule has 0 atom stereocenters. The highest BCUT2D eigenvalue weighted by molar-refractivity contribution is 7.91. The van der Waals surface area contributed by atoms with E-state index in [9.17, 15) is 18.3 Å². The molecule has 1 aliphatic heterocycles. The summed E-state index contributed by atoms with van der Waals surface area (Å²) >= 11 is 6.99. The van der Waals surface area contributed by atoms with Gasteiger partial charge in [-0.2, -0.15) is 4.31 Å². The molecule has 1 aliphatic rings. The highest BCUT2D eigenvalue weighted by Crippen LogP contribution is 2.38. The number of aryl methyl sites for hydroxylation is 1. The second kappa shape index (κ2) is 5.87. The van der Waals surface area contributed by atoms with Gasteiger partial charge in [-0.15, -0.1) is 11.3 Å². The first-order valence-electron chi connectivity index (χ1n) is 6.72. The summed E-state index contributed by atoms with van der Waals surface area (Å²) in [6, 6.07) is 1.57. The Morgan fingerprint density at radius 1 is 1.48 bits per heavy atom. The number of thiophene rings is 1. The van der Waals surface area contributed by atoms with Crippen LogP contribution in [-0.4, -0.2) is 36.9 Å². The van der Waals surface area contributed by atoms with Crippen molar-refractivity contribution in [1.29, 1.82) is 0 Å². The lowest BCUT2D eigenvalue weighted by Crippen LogP contribution is -2.46. The van der Waals surface area contributed by atoms with Crippen LogP contribution in [0.15, 0.2) is 10.3 Å². The first-order valence-corrected chi connectivity index (χ1v) is 9.36. The normalized spacial score (nSPS) is 19.6.